The Bertz CT molecular complexity index is 1730. The van der Waals surface area contributed by atoms with Crippen LogP contribution in [0.5, 0.6) is 0 Å². The van der Waals surface area contributed by atoms with Gasteiger partial charge in [0.15, 0.2) is 5.11 Å². The molecule has 0 bridgehead atoms. The molecular formula is C35H40ClF2N7O3S. The monoisotopic (exact) mass is 711 g/mol. The second kappa shape index (κ2) is 15.1. The van der Waals surface area contributed by atoms with Gasteiger partial charge in [-0.15, -0.1) is 0 Å². The molecule has 0 saturated carbocycles. The molecule has 14 heteroatoms. The molecular weight excluding hydrogens is 672 g/mol. The number of carbonyl (C=O) groups is 1. The van der Waals surface area contributed by atoms with Crippen LogP contribution in [0.25, 0.3) is 0 Å². The molecule has 4 aromatic rings. The molecule has 2 heterocycles. The second-order valence-electron chi connectivity index (χ2n) is 13.1. The number of hydrogen-bond acceptors (Lipinski definition) is 7. The van der Waals surface area contributed by atoms with Gasteiger partial charge in [0.1, 0.15) is 35.5 Å². The summed E-state index contributed by atoms with van der Waals surface area (Å²) in [6, 6.07) is 17.5. The van der Waals surface area contributed by atoms with E-state index < -0.39 is 35.0 Å². The number of benzene rings is 3. The number of aliphatic hydroxyl groups is 1. The highest BCUT2D eigenvalue weighted by molar-refractivity contribution is 7.80. The summed E-state index contributed by atoms with van der Waals surface area (Å²) in [6.07, 6.45) is 3.79. The number of hydrogen-bond donors (Lipinski definition) is 3. The van der Waals surface area contributed by atoms with Crippen LogP contribution >= 0.6 is 23.8 Å². The van der Waals surface area contributed by atoms with Crippen molar-refractivity contribution in [3.63, 3.8) is 0 Å². The lowest BCUT2D eigenvalue weighted by Gasteiger charge is -2.42. The zero-order valence-electron chi connectivity index (χ0n) is 27.7. The molecule has 1 fully saturated rings. The third kappa shape index (κ3) is 9.02. The molecule has 0 spiro atoms. The SMILES string of the molecule is C[C@@H](N(NC(=O)OC(C)(C)C)C(=S)Nc1ccc(N2CCC(c3ccc(Cl)cc3)CC2)cc1)[C@](O)(Cn1cncn1)c1ccc(F)cc1F. The van der Waals surface area contributed by atoms with Crippen LogP contribution < -0.4 is 15.6 Å². The molecule has 1 aliphatic rings. The van der Waals surface area contributed by atoms with E-state index in [2.05, 4.69) is 37.9 Å². The van der Waals surface area contributed by atoms with Gasteiger partial charge in [-0.2, -0.15) is 5.10 Å². The van der Waals surface area contributed by atoms with E-state index in [1.807, 2.05) is 36.4 Å². The lowest BCUT2D eigenvalue weighted by Crippen LogP contribution is -2.61. The van der Waals surface area contributed by atoms with Crippen molar-refractivity contribution in [2.45, 2.75) is 70.2 Å². The van der Waals surface area contributed by atoms with Crippen molar-refractivity contribution in [1.29, 1.82) is 0 Å². The number of piperidine rings is 1. The highest BCUT2D eigenvalue weighted by atomic mass is 35.5. The topological polar surface area (TPSA) is 108 Å². The van der Waals surface area contributed by atoms with E-state index in [1.165, 1.54) is 27.9 Å². The molecule has 1 saturated heterocycles. The molecule has 5 rings (SSSR count). The fourth-order valence-corrected chi connectivity index (χ4v) is 6.37. The quantitative estimate of drug-likeness (QED) is 0.131. The minimum Gasteiger partial charge on any atom is -0.443 e. The van der Waals surface area contributed by atoms with Gasteiger partial charge in [-0.05, 0) is 107 Å². The van der Waals surface area contributed by atoms with E-state index in [-0.39, 0.29) is 17.2 Å². The first-order chi connectivity index (χ1) is 23.2. The van der Waals surface area contributed by atoms with Crippen LogP contribution in [0.4, 0.5) is 25.0 Å². The Kier molecular flexibility index (Phi) is 11.1. The number of nitrogens with one attached hydrogen (secondary N) is 2. The average Bonchev–Trinajstić information content (AvgIpc) is 3.56. The third-order valence-electron chi connectivity index (χ3n) is 8.50. The fourth-order valence-electron chi connectivity index (χ4n) is 5.93. The van der Waals surface area contributed by atoms with Gasteiger partial charge in [0.25, 0.3) is 0 Å². The molecule has 2 atom stereocenters. The van der Waals surface area contributed by atoms with Crippen LogP contribution in [-0.4, -0.2) is 60.8 Å². The molecule has 3 aromatic carbocycles. The van der Waals surface area contributed by atoms with Gasteiger partial charge >= 0.3 is 6.09 Å². The summed E-state index contributed by atoms with van der Waals surface area (Å²) in [5, 5.41) is 21.3. The Labute approximate surface area is 295 Å². The summed E-state index contributed by atoms with van der Waals surface area (Å²) in [5.41, 5.74) is 2.37. The maximum atomic E-state index is 15.3. The van der Waals surface area contributed by atoms with E-state index in [4.69, 9.17) is 28.6 Å². The Balaban J connectivity index is 1.36. The van der Waals surface area contributed by atoms with Crippen molar-refractivity contribution in [3.8, 4) is 0 Å². The molecule has 10 nitrogen and oxygen atoms in total. The van der Waals surface area contributed by atoms with E-state index in [9.17, 15) is 14.3 Å². The number of ether oxygens (including phenoxy) is 1. The standard InChI is InChI=1S/C35H40ClF2N7O3S/c1-23(35(47,20-44-22-39-21-40-44)30-14-9-27(37)19-31(30)38)45(42-33(46)48-34(2,3)4)32(49)41-28-10-12-29(13-11-28)43-17-15-25(16-18-43)24-5-7-26(36)8-6-24/h5-14,19,21-23,25,47H,15-18,20H2,1-4H3,(H,41,49)(H,42,46)/t23-,35-/m1/s1. The molecule has 260 valence electrons. The smallest absolute Gasteiger partial charge is 0.426 e. The van der Waals surface area contributed by atoms with Crippen LogP contribution in [0, 0.1) is 11.6 Å². The molecule has 1 amide bonds. The predicted molar refractivity (Wildman–Crippen MR) is 189 cm³/mol. The molecule has 0 aliphatic carbocycles. The summed E-state index contributed by atoms with van der Waals surface area (Å²) in [5.74, 6) is -1.32. The average molecular weight is 712 g/mol. The number of amides is 1. The van der Waals surface area contributed by atoms with Crippen LogP contribution in [0.3, 0.4) is 0 Å². The molecule has 0 unspecified atom stereocenters. The van der Waals surface area contributed by atoms with E-state index >= 15 is 4.39 Å². The second-order valence-corrected chi connectivity index (χ2v) is 13.9. The van der Waals surface area contributed by atoms with E-state index in [1.54, 1.807) is 27.7 Å². The third-order valence-corrected chi connectivity index (χ3v) is 9.05. The predicted octanol–water partition coefficient (Wildman–Crippen LogP) is 7.01. The maximum absolute atomic E-state index is 15.3. The molecule has 1 aliphatic heterocycles. The molecule has 3 N–H and O–H groups in total. The van der Waals surface area contributed by atoms with Crippen molar-refractivity contribution < 1.29 is 23.4 Å². The highest BCUT2D eigenvalue weighted by Crippen LogP contribution is 2.34. The first-order valence-corrected chi connectivity index (χ1v) is 16.7. The molecule has 0 radical (unpaired) electrons. The Morgan fingerprint density at radius 2 is 1.78 bits per heavy atom. The minimum absolute atomic E-state index is 0.0191. The number of nitrogens with zero attached hydrogens (tertiary/aromatic N) is 5. The first kappa shape index (κ1) is 36.0. The Morgan fingerprint density at radius 1 is 1.10 bits per heavy atom. The normalized spacial score (nSPS) is 15.6. The van der Waals surface area contributed by atoms with Crippen LogP contribution in [-0.2, 0) is 16.9 Å². The molecule has 1 aromatic heterocycles. The van der Waals surface area contributed by atoms with Crippen molar-refractivity contribution >= 4 is 46.4 Å². The Hall–Kier alpha value is -4.33. The highest BCUT2D eigenvalue weighted by Gasteiger charge is 2.44. The number of carbonyl (C=O) groups excluding carboxylic acids is 1. The van der Waals surface area contributed by atoms with Gasteiger partial charge in [-0.1, -0.05) is 29.8 Å². The van der Waals surface area contributed by atoms with Crippen molar-refractivity contribution in [2.75, 3.05) is 23.3 Å². The van der Waals surface area contributed by atoms with Crippen LogP contribution in [0.2, 0.25) is 5.02 Å². The summed E-state index contributed by atoms with van der Waals surface area (Å²) >= 11 is 11.8. The maximum Gasteiger partial charge on any atom is 0.426 e. The van der Waals surface area contributed by atoms with Gasteiger partial charge < -0.3 is 20.1 Å². The lowest BCUT2D eigenvalue weighted by atomic mass is 9.86. The summed E-state index contributed by atoms with van der Waals surface area (Å²) in [6.45, 7) is 8.13. The lowest BCUT2D eigenvalue weighted by molar-refractivity contribution is -0.0574. The number of hydrazine groups is 1. The Morgan fingerprint density at radius 3 is 2.37 bits per heavy atom. The summed E-state index contributed by atoms with van der Waals surface area (Å²) in [4.78, 5) is 19.3. The van der Waals surface area contributed by atoms with Gasteiger partial charge in [0.2, 0.25) is 0 Å². The number of halogens is 3. The van der Waals surface area contributed by atoms with E-state index in [0.29, 0.717) is 17.7 Å². The zero-order chi connectivity index (χ0) is 35.3. The fraction of sp³-hybridized carbons (Fsp3) is 0.371. The summed E-state index contributed by atoms with van der Waals surface area (Å²) in [7, 11) is 0. The van der Waals surface area contributed by atoms with Crippen LogP contribution in [0.1, 0.15) is 57.6 Å². The largest absolute Gasteiger partial charge is 0.443 e. The van der Waals surface area contributed by atoms with Crippen molar-refractivity contribution in [1.82, 2.24) is 25.2 Å². The minimum atomic E-state index is -2.12. The first-order valence-electron chi connectivity index (χ1n) is 15.9. The van der Waals surface area contributed by atoms with Gasteiger partial charge in [0.05, 0.1) is 12.6 Å². The van der Waals surface area contributed by atoms with Crippen molar-refractivity contribution in [2.24, 2.45) is 0 Å². The van der Waals surface area contributed by atoms with Gasteiger partial charge in [-0.3, -0.25) is 5.01 Å². The zero-order valence-corrected chi connectivity index (χ0v) is 29.3. The summed E-state index contributed by atoms with van der Waals surface area (Å²) < 4.78 is 36.0. The number of anilines is 2. The van der Waals surface area contributed by atoms with Gasteiger partial charge in [-0.25, -0.2) is 28.7 Å². The molecule has 49 heavy (non-hydrogen) atoms. The van der Waals surface area contributed by atoms with Gasteiger partial charge in [0, 0.05) is 41.1 Å². The van der Waals surface area contributed by atoms with E-state index in [0.717, 1.165) is 48.8 Å². The van der Waals surface area contributed by atoms with Crippen LogP contribution in [0.15, 0.2) is 79.4 Å². The number of thiocarbonyl (C=S) groups is 1. The van der Waals surface area contributed by atoms with Crippen molar-refractivity contribution in [3.05, 3.63) is 107 Å². The number of rotatable bonds is 8. The number of aromatic nitrogens is 3.